The lowest BCUT2D eigenvalue weighted by molar-refractivity contribution is -0.137. The Labute approximate surface area is 277 Å². The summed E-state index contributed by atoms with van der Waals surface area (Å²) in [6, 6.07) is 19.4. The quantitative estimate of drug-likeness (QED) is 0.106. The summed E-state index contributed by atoms with van der Waals surface area (Å²) in [5.74, 6) is -1.35. The van der Waals surface area contributed by atoms with Gasteiger partial charge in [0.1, 0.15) is 18.2 Å². The van der Waals surface area contributed by atoms with Crippen LogP contribution in [0.15, 0.2) is 104 Å². The molecule has 48 heavy (non-hydrogen) atoms. The first-order valence-electron chi connectivity index (χ1n) is 16.0. The monoisotopic (exact) mass is 642 g/mol. The number of hydrazine groups is 2. The number of carboxylic acids is 1. The smallest absolute Gasteiger partial charge is 0.303 e. The number of nitrogens with one attached hydrogen (secondary N) is 4. The molecule has 0 bridgehead atoms. The van der Waals surface area contributed by atoms with Gasteiger partial charge in [-0.25, -0.2) is 14.4 Å². The molecule has 0 spiro atoms. The number of aliphatic carboxylic acids is 1. The highest BCUT2D eigenvalue weighted by molar-refractivity contribution is 6.04. The van der Waals surface area contributed by atoms with Gasteiger partial charge in [-0.05, 0) is 54.7 Å². The number of benzene rings is 3. The van der Waals surface area contributed by atoms with Crippen LogP contribution in [-0.4, -0.2) is 37.1 Å². The fourth-order valence-corrected chi connectivity index (χ4v) is 5.78. The minimum atomic E-state index is -1.62. The summed E-state index contributed by atoms with van der Waals surface area (Å²) in [6.07, 6.45) is 10.3. The van der Waals surface area contributed by atoms with E-state index in [1.165, 1.54) is 24.7 Å². The SMILES string of the molecule is [2H][C@](Nc1cc(-c2cncnc2)c2ncc(C#N)c(N[C@H](CCC(=O)O)c3ccccc3)c2c1)(C1=CN(C2CC2)NN1)c1ccc(F)cc1. The first kappa shape index (κ1) is 29.3. The second-order valence-corrected chi connectivity index (χ2v) is 11.7. The number of hydrogen-bond acceptors (Lipinski definition) is 10. The van der Waals surface area contributed by atoms with Crippen LogP contribution in [0.4, 0.5) is 15.8 Å². The van der Waals surface area contributed by atoms with Crippen LogP contribution in [0.3, 0.4) is 0 Å². The Morgan fingerprint density at radius 3 is 2.56 bits per heavy atom. The maximum Gasteiger partial charge on any atom is 0.303 e. The van der Waals surface area contributed by atoms with Crippen molar-refractivity contribution in [2.75, 3.05) is 10.6 Å². The molecule has 1 saturated carbocycles. The average molecular weight is 643 g/mol. The molecule has 12 heteroatoms. The van der Waals surface area contributed by atoms with Crippen LogP contribution in [0.2, 0.25) is 0 Å². The van der Waals surface area contributed by atoms with E-state index in [4.69, 9.17) is 4.98 Å². The minimum Gasteiger partial charge on any atom is -0.481 e. The van der Waals surface area contributed by atoms with Crippen LogP contribution >= 0.6 is 0 Å². The van der Waals surface area contributed by atoms with Crippen molar-refractivity contribution >= 4 is 28.2 Å². The Balaban J connectivity index is 1.40. The third kappa shape index (κ3) is 6.58. The van der Waals surface area contributed by atoms with Crippen LogP contribution in [0.5, 0.6) is 0 Å². The molecule has 11 nitrogen and oxygen atoms in total. The average Bonchev–Trinajstić information content (AvgIpc) is 3.85. The van der Waals surface area contributed by atoms with E-state index in [0.717, 1.165) is 18.4 Å². The van der Waals surface area contributed by atoms with E-state index in [1.807, 2.05) is 53.7 Å². The van der Waals surface area contributed by atoms with E-state index in [2.05, 4.69) is 37.6 Å². The molecule has 0 amide bonds. The van der Waals surface area contributed by atoms with Crippen molar-refractivity contribution in [3.8, 4) is 17.2 Å². The molecule has 1 fully saturated rings. The van der Waals surface area contributed by atoms with Gasteiger partial charge < -0.3 is 21.2 Å². The van der Waals surface area contributed by atoms with Gasteiger partial charge in [0, 0.05) is 59.5 Å². The summed E-state index contributed by atoms with van der Waals surface area (Å²) in [7, 11) is 0. The Morgan fingerprint density at radius 1 is 1.08 bits per heavy atom. The number of nitriles is 1. The zero-order valence-electron chi connectivity index (χ0n) is 26.7. The number of rotatable bonds is 12. The normalized spacial score (nSPS) is 16.2. The highest BCUT2D eigenvalue weighted by atomic mass is 19.1. The van der Waals surface area contributed by atoms with Crippen molar-refractivity contribution < 1.29 is 15.7 Å². The zero-order chi connectivity index (χ0) is 34.0. The maximum atomic E-state index is 14.1. The molecule has 5 N–H and O–H groups in total. The number of carboxylic acid groups (broad SMARTS) is 1. The van der Waals surface area contributed by atoms with Crippen LogP contribution < -0.4 is 21.6 Å². The predicted octanol–water partition coefficient (Wildman–Crippen LogP) is 6.20. The number of carbonyl (C=O) groups is 1. The summed E-state index contributed by atoms with van der Waals surface area (Å²) < 4.78 is 24.0. The largest absolute Gasteiger partial charge is 0.481 e. The second kappa shape index (κ2) is 13.4. The molecule has 0 radical (unpaired) electrons. The molecule has 240 valence electrons. The highest BCUT2D eigenvalue weighted by Crippen LogP contribution is 2.39. The van der Waals surface area contributed by atoms with Crippen molar-refractivity contribution in [3.05, 3.63) is 126 Å². The van der Waals surface area contributed by atoms with Gasteiger partial charge in [0.15, 0.2) is 0 Å². The summed E-state index contributed by atoms with van der Waals surface area (Å²) in [5.41, 5.74) is 11.2. The van der Waals surface area contributed by atoms with Gasteiger partial charge in [0.05, 0.1) is 35.9 Å². The summed E-state index contributed by atoms with van der Waals surface area (Å²) in [4.78, 5) is 24.8. The van der Waals surface area contributed by atoms with Gasteiger partial charge in [0.2, 0.25) is 0 Å². The molecular weight excluding hydrogens is 609 g/mol. The lowest BCUT2D eigenvalue weighted by Gasteiger charge is -2.24. The van der Waals surface area contributed by atoms with Gasteiger partial charge in [-0.1, -0.05) is 42.5 Å². The fraction of sp³-hybridized carbons (Fsp3) is 0.194. The Morgan fingerprint density at radius 2 is 1.85 bits per heavy atom. The third-order valence-electron chi connectivity index (χ3n) is 8.33. The summed E-state index contributed by atoms with van der Waals surface area (Å²) >= 11 is 0. The minimum absolute atomic E-state index is 0.0933. The fourth-order valence-electron chi connectivity index (χ4n) is 5.78. The van der Waals surface area contributed by atoms with Crippen molar-refractivity contribution in [1.82, 2.24) is 30.9 Å². The van der Waals surface area contributed by atoms with Crippen LogP contribution in [0.25, 0.3) is 22.0 Å². The Bertz CT molecular complexity index is 2070. The van der Waals surface area contributed by atoms with Crippen LogP contribution in [0.1, 0.15) is 55.8 Å². The predicted molar refractivity (Wildman–Crippen MR) is 179 cm³/mol. The van der Waals surface area contributed by atoms with Gasteiger partial charge in [-0.3, -0.25) is 14.8 Å². The van der Waals surface area contributed by atoms with E-state index in [9.17, 15) is 20.9 Å². The van der Waals surface area contributed by atoms with Crippen molar-refractivity contribution in [1.29, 1.82) is 5.26 Å². The molecule has 2 aliphatic rings. The topological polar surface area (TPSA) is 151 Å². The zero-order valence-corrected chi connectivity index (χ0v) is 25.7. The number of fused-ring (bicyclic) bond motifs is 1. The molecule has 3 aromatic carbocycles. The summed E-state index contributed by atoms with van der Waals surface area (Å²) in [5, 5.41) is 29.2. The Hall–Kier alpha value is -6.06. The van der Waals surface area contributed by atoms with Crippen molar-refractivity contribution in [3.63, 3.8) is 0 Å². The summed E-state index contributed by atoms with van der Waals surface area (Å²) in [6.45, 7) is 0. The van der Waals surface area contributed by atoms with E-state index < -0.39 is 23.8 Å². The lowest BCUT2D eigenvalue weighted by atomic mass is 9.97. The van der Waals surface area contributed by atoms with Gasteiger partial charge >= 0.3 is 5.97 Å². The molecule has 2 atom stereocenters. The molecule has 0 saturated heterocycles. The number of halogens is 1. The highest BCUT2D eigenvalue weighted by Gasteiger charge is 2.32. The molecular formula is C36H32FN9O2. The van der Waals surface area contributed by atoms with E-state index in [-0.39, 0.29) is 18.4 Å². The van der Waals surface area contributed by atoms with Crippen LogP contribution in [-0.2, 0) is 4.79 Å². The van der Waals surface area contributed by atoms with E-state index in [1.54, 1.807) is 24.5 Å². The lowest BCUT2D eigenvalue weighted by Crippen LogP contribution is -2.38. The number of hydrogen-bond donors (Lipinski definition) is 5. The maximum absolute atomic E-state index is 14.1. The van der Waals surface area contributed by atoms with Gasteiger partial charge in [-0.2, -0.15) is 5.26 Å². The number of anilines is 2. The molecule has 5 aromatic rings. The number of nitrogens with zero attached hydrogens (tertiary/aromatic N) is 5. The van der Waals surface area contributed by atoms with Crippen LogP contribution in [0, 0.1) is 17.1 Å². The van der Waals surface area contributed by atoms with E-state index in [0.29, 0.717) is 50.7 Å². The van der Waals surface area contributed by atoms with Crippen molar-refractivity contribution in [2.45, 2.75) is 43.8 Å². The van der Waals surface area contributed by atoms with Gasteiger partial charge in [0.25, 0.3) is 0 Å². The Kier molecular flexibility index (Phi) is 8.16. The molecule has 0 unspecified atom stereocenters. The third-order valence-corrected chi connectivity index (χ3v) is 8.33. The second-order valence-electron chi connectivity index (χ2n) is 11.7. The van der Waals surface area contributed by atoms with E-state index >= 15 is 0 Å². The molecule has 1 aliphatic heterocycles. The molecule has 7 rings (SSSR count). The first-order valence-corrected chi connectivity index (χ1v) is 15.5. The van der Waals surface area contributed by atoms with Crippen molar-refractivity contribution in [2.24, 2.45) is 0 Å². The standard InChI is InChI=1S/C36H32FN9O2/c37-26-8-6-23(7-9-26)35(32-20-46(45-44-32)28-10-11-28)42-27-14-29(25-17-39-21-40-18-25)36-30(15-27)34(24(16-38)19-41-36)43-31(12-13-33(47)48)22-4-2-1-3-5-22/h1-9,14-15,17-21,28,31,35,42,44-45H,10-13H2,(H,41,43)(H,47,48)/t31-,35-/m1/s1/i35D. The molecule has 3 heterocycles. The number of aromatic nitrogens is 3. The molecule has 1 aliphatic carbocycles. The number of pyridine rings is 1. The van der Waals surface area contributed by atoms with Gasteiger partial charge in [-0.15, -0.1) is 5.53 Å². The first-order chi connectivity index (χ1) is 23.8. The molecule has 2 aromatic heterocycles.